The number of hydrogen-bond acceptors (Lipinski definition) is 4. The average molecular weight is 314 g/mol. The summed E-state index contributed by atoms with van der Waals surface area (Å²) in [6, 6.07) is 0. The molecule has 2 rings (SSSR count). The van der Waals surface area contributed by atoms with Crippen molar-refractivity contribution in [2.75, 3.05) is 13.6 Å². The number of H-pyrrole nitrogens is 1. The number of amides is 1. The molecule has 0 aromatic carbocycles. The van der Waals surface area contributed by atoms with Gasteiger partial charge in [-0.2, -0.15) is 5.10 Å². The summed E-state index contributed by atoms with van der Waals surface area (Å²) in [5.74, 6) is 0.704. The normalized spacial score (nSPS) is 21.3. The topological polar surface area (TPSA) is 109 Å². The fourth-order valence-electron chi connectivity index (χ4n) is 2.51. The zero-order chi connectivity index (χ0) is 15.8. The molecule has 118 valence electrons. The van der Waals surface area contributed by atoms with Crippen LogP contribution >= 0.6 is 0 Å². The first-order chi connectivity index (χ1) is 9.75. The molecule has 2 atom stereocenters. The number of rotatable bonds is 6. The fraction of sp³-hybridized carbons (Fsp3) is 0.692. The van der Waals surface area contributed by atoms with Crippen molar-refractivity contribution in [1.82, 2.24) is 15.1 Å². The summed E-state index contributed by atoms with van der Waals surface area (Å²) >= 11 is 0. The standard InChI is InChI=1S/C13H22N4O3S/c1-4-5-10-12(21(14,19)20)11(16-15-10)13(18)17(3)7-9-6-8(9)2/h8-9H,4-7H2,1-3H3,(H,15,16)(H2,14,19,20). The number of aromatic amines is 1. The second-order valence-electron chi connectivity index (χ2n) is 5.83. The molecule has 0 spiro atoms. The molecule has 7 nitrogen and oxygen atoms in total. The molecular weight excluding hydrogens is 292 g/mol. The SMILES string of the molecule is CCCc1[nH]nc(C(=O)N(C)CC2CC2C)c1S(N)(=O)=O. The molecule has 1 fully saturated rings. The van der Waals surface area contributed by atoms with E-state index in [9.17, 15) is 13.2 Å². The van der Waals surface area contributed by atoms with E-state index in [1.54, 1.807) is 7.05 Å². The Labute approximate surface area is 124 Å². The molecule has 1 aliphatic carbocycles. The van der Waals surface area contributed by atoms with Crippen LogP contribution in [0.25, 0.3) is 0 Å². The third kappa shape index (κ3) is 3.44. The molecule has 1 aliphatic rings. The maximum Gasteiger partial charge on any atom is 0.275 e. The highest BCUT2D eigenvalue weighted by Gasteiger charge is 2.36. The highest BCUT2D eigenvalue weighted by Crippen LogP contribution is 2.38. The Morgan fingerprint density at radius 3 is 2.62 bits per heavy atom. The van der Waals surface area contributed by atoms with Gasteiger partial charge in [-0.3, -0.25) is 9.89 Å². The highest BCUT2D eigenvalue weighted by molar-refractivity contribution is 7.89. The predicted octanol–water partition coefficient (Wildman–Crippen LogP) is 0.738. The maximum atomic E-state index is 12.4. The summed E-state index contributed by atoms with van der Waals surface area (Å²) in [6.07, 6.45) is 2.31. The number of aromatic nitrogens is 2. The Bertz CT molecular complexity index is 638. The molecule has 0 saturated heterocycles. The van der Waals surface area contributed by atoms with E-state index in [0.717, 1.165) is 12.8 Å². The monoisotopic (exact) mass is 314 g/mol. The zero-order valence-electron chi connectivity index (χ0n) is 12.6. The van der Waals surface area contributed by atoms with Crippen LogP contribution in [0.3, 0.4) is 0 Å². The van der Waals surface area contributed by atoms with Crippen molar-refractivity contribution >= 4 is 15.9 Å². The molecule has 3 N–H and O–H groups in total. The number of carbonyl (C=O) groups is 1. The van der Waals surface area contributed by atoms with E-state index in [1.165, 1.54) is 4.90 Å². The van der Waals surface area contributed by atoms with E-state index in [4.69, 9.17) is 5.14 Å². The average Bonchev–Trinajstić information content (AvgIpc) is 2.89. The Balaban J connectivity index is 2.28. The van der Waals surface area contributed by atoms with Gasteiger partial charge in [0.15, 0.2) is 5.69 Å². The molecule has 0 radical (unpaired) electrons. The van der Waals surface area contributed by atoms with Crippen LogP contribution in [-0.4, -0.2) is 43.0 Å². The number of aryl methyl sites for hydroxylation is 1. The number of primary sulfonamides is 1. The van der Waals surface area contributed by atoms with E-state index in [0.29, 0.717) is 30.5 Å². The van der Waals surface area contributed by atoms with Gasteiger partial charge in [-0.15, -0.1) is 0 Å². The number of nitrogens with one attached hydrogen (secondary N) is 1. The molecule has 21 heavy (non-hydrogen) atoms. The Morgan fingerprint density at radius 2 is 2.14 bits per heavy atom. The Kier molecular flexibility index (Phi) is 4.38. The van der Waals surface area contributed by atoms with Crippen molar-refractivity contribution < 1.29 is 13.2 Å². The van der Waals surface area contributed by atoms with E-state index in [-0.39, 0.29) is 10.6 Å². The molecule has 1 amide bonds. The van der Waals surface area contributed by atoms with Crippen LogP contribution in [0.15, 0.2) is 4.90 Å². The van der Waals surface area contributed by atoms with Gasteiger partial charge in [0, 0.05) is 13.6 Å². The first kappa shape index (κ1) is 16.0. The van der Waals surface area contributed by atoms with Gasteiger partial charge >= 0.3 is 0 Å². The predicted molar refractivity (Wildman–Crippen MR) is 78.2 cm³/mol. The molecule has 1 aromatic rings. The van der Waals surface area contributed by atoms with E-state index in [2.05, 4.69) is 17.1 Å². The molecule has 1 heterocycles. The van der Waals surface area contributed by atoms with Crippen molar-refractivity contribution in [3.63, 3.8) is 0 Å². The lowest BCUT2D eigenvalue weighted by molar-refractivity contribution is 0.0777. The number of nitrogens with two attached hydrogens (primary N) is 1. The van der Waals surface area contributed by atoms with E-state index >= 15 is 0 Å². The minimum absolute atomic E-state index is 0.100. The van der Waals surface area contributed by atoms with E-state index in [1.807, 2.05) is 6.92 Å². The van der Waals surface area contributed by atoms with Crippen LogP contribution in [0.1, 0.15) is 42.9 Å². The van der Waals surface area contributed by atoms with Crippen LogP contribution in [0.5, 0.6) is 0 Å². The molecule has 0 aliphatic heterocycles. The first-order valence-electron chi connectivity index (χ1n) is 7.11. The number of carbonyl (C=O) groups excluding carboxylic acids is 1. The smallest absolute Gasteiger partial charge is 0.275 e. The van der Waals surface area contributed by atoms with Crippen LogP contribution < -0.4 is 5.14 Å². The van der Waals surface area contributed by atoms with Crippen molar-refractivity contribution in [2.45, 2.75) is 38.0 Å². The number of sulfonamides is 1. The minimum Gasteiger partial charge on any atom is -0.340 e. The van der Waals surface area contributed by atoms with Gasteiger partial charge in [0.25, 0.3) is 5.91 Å². The Morgan fingerprint density at radius 1 is 1.52 bits per heavy atom. The second-order valence-corrected chi connectivity index (χ2v) is 7.33. The van der Waals surface area contributed by atoms with Gasteiger partial charge in [0.1, 0.15) is 4.90 Å². The zero-order valence-corrected chi connectivity index (χ0v) is 13.4. The molecule has 1 saturated carbocycles. The van der Waals surface area contributed by atoms with Crippen molar-refractivity contribution in [2.24, 2.45) is 17.0 Å². The molecule has 2 unspecified atom stereocenters. The summed E-state index contributed by atoms with van der Waals surface area (Å²) in [5, 5.41) is 11.8. The second kappa shape index (κ2) is 5.76. The third-order valence-corrected chi connectivity index (χ3v) is 4.92. The molecular formula is C13H22N4O3S. The highest BCUT2D eigenvalue weighted by atomic mass is 32.2. The van der Waals surface area contributed by atoms with Crippen LogP contribution in [-0.2, 0) is 16.4 Å². The molecule has 0 bridgehead atoms. The van der Waals surface area contributed by atoms with Crippen molar-refractivity contribution in [3.8, 4) is 0 Å². The Hall–Kier alpha value is -1.41. The first-order valence-corrected chi connectivity index (χ1v) is 8.65. The van der Waals surface area contributed by atoms with Gasteiger partial charge < -0.3 is 4.90 Å². The van der Waals surface area contributed by atoms with E-state index < -0.39 is 15.9 Å². The van der Waals surface area contributed by atoms with Gasteiger partial charge in [0.05, 0.1) is 5.69 Å². The summed E-state index contributed by atoms with van der Waals surface area (Å²) in [7, 11) is -2.33. The maximum absolute atomic E-state index is 12.4. The minimum atomic E-state index is -3.99. The van der Waals surface area contributed by atoms with Crippen LogP contribution in [0.4, 0.5) is 0 Å². The summed E-state index contributed by atoms with van der Waals surface area (Å²) in [5.41, 5.74) is 0.299. The fourth-order valence-corrected chi connectivity index (χ4v) is 3.40. The third-order valence-electron chi connectivity index (χ3n) is 3.91. The lowest BCUT2D eigenvalue weighted by Crippen LogP contribution is -2.31. The molecule has 8 heteroatoms. The van der Waals surface area contributed by atoms with Gasteiger partial charge in [-0.1, -0.05) is 20.3 Å². The lowest BCUT2D eigenvalue weighted by Gasteiger charge is -2.16. The number of hydrogen-bond donors (Lipinski definition) is 2. The quantitative estimate of drug-likeness (QED) is 0.807. The van der Waals surface area contributed by atoms with Gasteiger partial charge in [0.2, 0.25) is 10.0 Å². The van der Waals surface area contributed by atoms with Gasteiger partial charge in [-0.25, -0.2) is 13.6 Å². The molecule has 1 aromatic heterocycles. The summed E-state index contributed by atoms with van der Waals surface area (Å²) < 4.78 is 23.5. The number of nitrogens with zero attached hydrogens (tertiary/aromatic N) is 2. The summed E-state index contributed by atoms with van der Waals surface area (Å²) in [4.78, 5) is 13.8. The van der Waals surface area contributed by atoms with Crippen LogP contribution in [0, 0.1) is 11.8 Å². The van der Waals surface area contributed by atoms with Crippen molar-refractivity contribution in [3.05, 3.63) is 11.4 Å². The lowest BCUT2D eigenvalue weighted by atomic mass is 10.2. The van der Waals surface area contributed by atoms with Crippen molar-refractivity contribution in [1.29, 1.82) is 0 Å². The summed E-state index contributed by atoms with van der Waals surface area (Å²) in [6.45, 7) is 4.66. The van der Waals surface area contributed by atoms with Gasteiger partial charge in [-0.05, 0) is 24.7 Å². The van der Waals surface area contributed by atoms with Crippen LogP contribution in [0.2, 0.25) is 0 Å². The largest absolute Gasteiger partial charge is 0.340 e.